The number of carboxylic acids is 1. The molecule has 204 valence electrons. The number of carbonyl (C=O) groups is 3. The Hall–Kier alpha value is -4.33. The number of urea groups is 1. The fraction of sp³-hybridized carbons (Fsp3) is 0.323. The van der Waals surface area contributed by atoms with Gasteiger partial charge in [-0.1, -0.05) is 50.2 Å². The normalized spacial score (nSPS) is 13.1. The minimum absolute atomic E-state index is 0.0704. The van der Waals surface area contributed by atoms with E-state index in [4.69, 9.17) is 4.74 Å². The Morgan fingerprint density at radius 1 is 1.00 bits per heavy atom. The number of hydrogen-bond acceptors (Lipinski definition) is 4. The molecule has 0 spiro atoms. The highest BCUT2D eigenvalue weighted by Crippen LogP contribution is 2.31. The number of amides is 3. The van der Waals surface area contributed by atoms with Crippen LogP contribution in [0.1, 0.15) is 49.3 Å². The van der Waals surface area contributed by atoms with E-state index < -0.39 is 5.97 Å². The van der Waals surface area contributed by atoms with Crippen LogP contribution in [0.3, 0.4) is 0 Å². The predicted molar refractivity (Wildman–Crippen MR) is 153 cm³/mol. The molecule has 1 aliphatic heterocycles. The van der Waals surface area contributed by atoms with Crippen LogP contribution < -0.4 is 20.3 Å². The Morgan fingerprint density at radius 2 is 1.74 bits per heavy atom. The average molecular weight is 530 g/mol. The number of carboxylic acid groups (broad SMARTS) is 1. The number of nitrogens with zero attached hydrogens (tertiary/aromatic N) is 1. The number of benzene rings is 3. The molecule has 0 saturated carbocycles. The van der Waals surface area contributed by atoms with Crippen LogP contribution >= 0.6 is 0 Å². The van der Waals surface area contributed by atoms with Gasteiger partial charge in [-0.3, -0.25) is 14.5 Å². The van der Waals surface area contributed by atoms with Gasteiger partial charge >= 0.3 is 12.0 Å². The van der Waals surface area contributed by atoms with Gasteiger partial charge in [0.05, 0.1) is 25.6 Å². The molecule has 0 saturated heterocycles. The van der Waals surface area contributed by atoms with Crippen molar-refractivity contribution in [2.75, 3.05) is 29.2 Å². The summed E-state index contributed by atoms with van der Waals surface area (Å²) in [5.74, 6) is -0.235. The Balaban J connectivity index is 1.37. The van der Waals surface area contributed by atoms with Gasteiger partial charge in [0.1, 0.15) is 5.75 Å². The molecular formula is C31H35N3O5. The molecule has 1 atom stereocenters. The molecule has 3 aromatic rings. The number of hydrogen-bond donors (Lipinski definition) is 3. The number of rotatable bonds is 10. The molecule has 39 heavy (non-hydrogen) atoms. The van der Waals surface area contributed by atoms with E-state index in [1.807, 2.05) is 36.4 Å². The van der Waals surface area contributed by atoms with E-state index in [9.17, 15) is 19.5 Å². The number of methoxy groups -OCH3 is 1. The number of aliphatic carboxylic acids is 1. The summed E-state index contributed by atoms with van der Waals surface area (Å²) < 4.78 is 5.50. The number of fused-ring (bicyclic) bond motifs is 1. The lowest BCUT2D eigenvalue weighted by atomic mass is 9.88. The Labute approximate surface area is 229 Å². The lowest BCUT2D eigenvalue weighted by molar-refractivity contribution is -0.137. The first kappa shape index (κ1) is 27.7. The molecule has 8 heteroatoms. The van der Waals surface area contributed by atoms with E-state index in [0.717, 1.165) is 35.2 Å². The molecule has 4 rings (SSSR count). The minimum atomic E-state index is -0.819. The molecule has 1 unspecified atom stereocenters. The highest BCUT2D eigenvalue weighted by Gasteiger charge is 2.25. The summed E-state index contributed by atoms with van der Waals surface area (Å²) in [5.41, 5.74) is 4.92. The van der Waals surface area contributed by atoms with Crippen molar-refractivity contribution in [2.45, 2.75) is 45.4 Å². The topological polar surface area (TPSA) is 108 Å². The zero-order valence-corrected chi connectivity index (χ0v) is 22.6. The van der Waals surface area contributed by atoms with Gasteiger partial charge in [0.25, 0.3) is 0 Å². The van der Waals surface area contributed by atoms with Crippen molar-refractivity contribution >= 4 is 35.0 Å². The zero-order valence-electron chi connectivity index (χ0n) is 22.6. The number of anilines is 3. The lowest BCUT2D eigenvalue weighted by Gasteiger charge is -2.19. The van der Waals surface area contributed by atoms with Crippen molar-refractivity contribution in [2.24, 2.45) is 5.92 Å². The van der Waals surface area contributed by atoms with Crippen molar-refractivity contribution in [1.82, 2.24) is 0 Å². The summed E-state index contributed by atoms with van der Waals surface area (Å²) in [5, 5.41) is 15.1. The second-order valence-electron chi connectivity index (χ2n) is 10.3. The summed E-state index contributed by atoms with van der Waals surface area (Å²) in [6, 6.07) is 20.3. The number of ether oxygens (including phenoxy) is 1. The molecule has 3 amide bonds. The van der Waals surface area contributed by atoms with E-state index in [-0.39, 0.29) is 30.7 Å². The second-order valence-corrected chi connectivity index (χ2v) is 10.3. The largest absolute Gasteiger partial charge is 0.495 e. The first-order valence-electron chi connectivity index (χ1n) is 13.2. The highest BCUT2D eigenvalue weighted by molar-refractivity contribution is 6.04. The summed E-state index contributed by atoms with van der Waals surface area (Å²) in [7, 11) is 1.53. The van der Waals surface area contributed by atoms with Gasteiger partial charge in [0.15, 0.2) is 0 Å². The van der Waals surface area contributed by atoms with Crippen molar-refractivity contribution in [3.63, 3.8) is 0 Å². The lowest BCUT2D eigenvalue weighted by Crippen LogP contribution is -2.33. The third kappa shape index (κ3) is 7.16. The van der Waals surface area contributed by atoms with Crippen LogP contribution in [-0.4, -0.2) is 36.7 Å². The van der Waals surface area contributed by atoms with E-state index in [0.29, 0.717) is 29.6 Å². The minimum Gasteiger partial charge on any atom is -0.495 e. The Morgan fingerprint density at radius 3 is 2.44 bits per heavy atom. The number of carbonyl (C=O) groups excluding carboxylic acids is 2. The number of nitrogens with one attached hydrogen (secondary N) is 2. The maximum atomic E-state index is 12.9. The molecule has 3 N–H and O–H groups in total. The van der Waals surface area contributed by atoms with Gasteiger partial charge < -0.3 is 20.5 Å². The molecule has 0 fully saturated rings. The van der Waals surface area contributed by atoms with Crippen molar-refractivity contribution in [3.8, 4) is 5.75 Å². The molecule has 1 aliphatic rings. The molecule has 3 aromatic carbocycles. The zero-order chi connectivity index (χ0) is 27.9. The molecule has 1 heterocycles. The summed E-state index contributed by atoms with van der Waals surface area (Å²) in [4.78, 5) is 38.7. The Bertz CT molecular complexity index is 1340. The summed E-state index contributed by atoms with van der Waals surface area (Å²) >= 11 is 0. The molecular weight excluding hydrogens is 494 g/mol. The second kappa shape index (κ2) is 12.5. The first-order chi connectivity index (χ1) is 18.7. The summed E-state index contributed by atoms with van der Waals surface area (Å²) in [6.07, 6.45) is 1.80. The molecule has 0 aliphatic carbocycles. The highest BCUT2D eigenvalue weighted by atomic mass is 16.5. The van der Waals surface area contributed by atoms with Crippen molar-refractivity contribution in [1.29, 1.82) is 0 Å². The quantitative estimate of drug-likeness (QED) is 0.295. The fourth-order valence-corrected chi connectivity index (χ4v) is 5.03. The van der Waals surface area contributed by atoms with Gasteiger partial charge in [0, 0.05) is 17.9 Å². The SMILES string of the molecule is COc1cc(CC(=O)Nc2ccc(C(CC(=O)O)CC(C)C)cc2)ccc1NC(=O)N1CCc2ccccc21. The van der Waals surface area contributed by atoms with Gasteiger partial charge in [-0.2, -0.15) is 0 Å². The fourth-order valence-electron chi connectivity index (χ4n) is 5.03. The van der Waals surface area contributed by atoms with E-state index in [1.54, 1.807) is 35.2 Å². The van der Waals surface area contributed by atoms with Gasteiger partial charge in [0.2, 0.25) is 5.91 Å². The van der Waals surface area contributed by atoms with Gasteiger partial charge in [-0.25, -0.2) is 4.79 Å². The predicted octanol–water partition coefficient (Wildman–Crippen LogP) is 6.08. The summed E-state index contributed by atoms with van der Waals surface area (Å²) in [6.45, 7) is 4.77. The third-order valence-corrected chi connectivity index (χ3v) is 6.85. The van der Waals surface area contributed by atoms with Crippen LogP contribution in [-0.2, 0) is 22.4 Å². The van der Waals surface area contributed by atoms with E-state index >= 15 is 0 Å². The van der Waals surface area contributed by atoms with E-state index in [1.165, 1.54) is 7.11 Å². The Kier molecular flexibility index (Phi) is 8.86. The molecule has 0 aromatic heterocycles. The molecule has 8 nitrogen and oxygen atoms in total. The smallest absolute Gasteiger partial charge is 0.326 e. The van der Waals surface area contributed by atoms with Crippen LogP contribution in [0.5, 0.6) is 5.75 Å². The van der Waals surface area contributed by atoms with Crippen LogP contribution in [0, 0.1) is 5.92 Å². The number of para-hydroxylation sites is 1. The monoisotopic (exact) mass is 529 g/mol. The molecule has 0 radical (unpaired) electrons. The van der Waals surface area contributed by atoms with Crippen LogP contribution in [0.25, 0.3) is 0 Å². The van der Waals surface area contributed by atoms with Crippen molar-refractivity contribution < 1.29 is 24.2 Å². The van der Waals surface area contributed by atoms with E-state index in [2.05, 4.69) is 24.5 Å². The first-order valence-corrected chi connectivity index (χ1v) is 13.2. The van der Waals surface area contributed by atoms with Crippen LogP contribution in [0.4, 0.5) is 21.9 Å². The van der Waals surface area contributed by atoms with Crippen LogP contribution in [0.15, 0.2) is 66.7 Å². The van der Waals surface area contributed by atoms with Crippen LogP contribution in [0.2, 0.25) is 0 Å². The maximum Gasteiger partial charge on any atom is 0.326 e. The maximum absolute atomic E-state index is 12.9. The average Bonchev–Trinajstić information content (AvgIpc) is 3.33. The van der Waals surface area contributed by atoms with Gasteiger partial charge in [-0.15, -0.1) is 0 Å². The van der Waals surface area contributed by atoms with Gasteiger partial charge in [-0.05, 0) is 71.7 Å². The standard InChI is InChI=1S/C31H35N3O5/c1-20(2)16-24(19-30(36)37)22-9-11-25(12-10-22)32-29(35)18-21-8-13-26(28(17-21)39-3)33-31(38)34-15-14-23-6-4-5-7-27(23)34/h4-13,17,20,24H,14-16,18-19H2,1-3H3,(H,32,35)(H,33,38)(H,36,37). The van der Waals surface area contributed by atoms with Crippen molar-refractivity contribution in [3.05, 3.63) is 83.4 Å². The molecule has 0 bridgehead atoms. The third-order valence-electron chi connectivity index (χ3n) is 6.85.